The van der Waals surface area contributed by atoms with E-state index in [2.05, 4.69) is 15.3 Å². The van der Waals surface area contributed by atoms with Crippen LogP contribution >= 0.6 is 0 Å². The number of carbonyl (C=O) groups excluding carboxylic acids is 2. The van der Waals surface area contributed by atoms with Crippen LogP contribution in [0.3, 0.4) is 0 Å². The largest absolute Gasteiger partial charge is 0.351 e. The van der Waals surface area contributed by atoms with Crippen molar-refractivity contribution < 1.29 is 9.59 Å². The SMILES string of the molecule is O=C1NCCCc2[nH]c(C3CC(=O)N(C4CC4)C3)nc21. The Labute approximate surface area is 116 Å². The van der Waals surface area contributed by atoms with Gasteiger partial charge in [0.05, 0.1) is 0 Å². The molecule has 1 unspecified atom stereocenters. The van der Waals surface area contributed by atoms with Crippen LogP contribution in [0.4, 0.5) is 0 Å². The predicted octanol–water partition coefficient (Wildman–Crippen LogP) is 0.564. The first-order chi connectivity index (χ1) is 9.72. The van der Waals surface area contributed by atoms with Crippen LogP contribution < -0.4 is 5.32 Å². The summed E-state index contributed by atoms with van der Waals surface area (Å²) < 4.78 is 0. The van der Waals surface area contributed by atoms with Gasteiger partial charge >= 0.3 is 0 Å². The monoisotopic (exact) mass is 274 g/mol. The molecule has 3 heterocycles. The Morgan fingerprint density at radius 1 is 1.25 bits per heavy atom. The van der Waals surface area contributed by atoms with Gasteiger partial charge < -0.3 is 15.2 Å². The smallest absolute Gasteiger partial charge is 0.271 e. The van der Waals surface area contributed by atoms with E-state index in [1.165, 1.54) is 0 Å². The summed E-state index contributed by atoms with van der Waals surface area (Å²) in [6.07, 6.45) is 4.56. The van der Waals surface area contributed by atoms with E-state index in [0.29, 0.717) is 24.7 Å². The van der Waals surface area contributed by atoms with Gasteiger partial charge in [-0.1, -0.05) is 0 Å². The lowest BCUT2D eigenvalue weighted by molar-refractivity contribution is -0.128. The molecule has 0 radical (unpaired) electrons. The molecule has 1 aromatic rings. The first kappa shape index (κ1) is 11.9. The molecule has 2 amide bonds. The molecule has 106 valence electrons. The molecule has 0 bridgehead atoms. The number of nitrogens with one attached hydrogen (secondary N) is 2. The van der Waals surface area contributed by atoms with Gasteiger partial charge in [0, 0.05) is 37.2 Å². The fourth-order valence-electron chi connectivity index (χ4n) is 3.20. The Bertz CT molecular complexity index is 576. The number of likely N-dealkylation sites (tertiary alicyclic amines) is 1. The number of aryl methyl sites for hydroxylation is 1. The summed E-state index contributed by atoms with van der Waals surface area (Å²) in [5, 5.41) is 2.85. The minimum Gasteiger partial charge on any atom is -0.351 e. The highest BCUT2D eigenvalue weighted by atomic mass is 16.2. The molecule has 1 saturated carbocycles. The number of imidazole rings is 1. The van der Waals surface area contributed by atoms with Gasteiger partial charge in [0.1, 0.15) is 11.5 Å². The van der Waals surface area contributed by atoms with Crippen LogP contribution in [0.15, 0.2) is 0 Å². The van der Waals surface area contributed by atoms with E-state index in [1.807, 2.05) is 4.90 Å². The maximum absolute atomic E-state index is 12.0. The van der Waals surface area contributed by atoms with Gasteiger partial charge in [-0.25, -0.2) is 4.98 Å². The van der Waals surface area contributed by atoms with Crippen LogP contribution in [0.5, 0.6) is 0 Å². The van der Waals surface area contributed by atoms with Crippen molar-refractivity contribution in [3.63, 3.8) is 0 Å². The standard InChI is InChI=1S/C14H18N4O2/c19-11-6-8(7-18(11)9-3-4-9)13-16-10-2-1-5-15-14(20)12(10)17-13/h8-9H,1-7H2,(H,15,20)(H,16,17). The van der Waals surface area contributed by atoms with Crippen molar-refractivity contribution in [1.82, 2.24) is 20.2 Å². The van der Waals surface area contributed by atoms with Gasteiger partial charge in [0.15, 0.2) is 0 Å². The van der Waals surface area contributed by atoms with Crippen LogP contribution in [0, 0.1) is 0 Å². The topological polar surface area (TPSA) is 78.1 Å². The molecule has 2 fully saturated rings. The van der Waals surface area contributed by atoms with Crippen LogP contribution in [0.1, 0.15) is 53.6 Å². The first-order valence-corrected chi connectivity index (χ1v) is 7.39. The molecule has 0 spiro atoms. The Hall–Kier alpha value is -1.85. The number of carbonyl (C=O) groups is 2. The molecule has 1 aliphatic carbocycles. The highest BCUT2D eigenvalue weighted by Crippen LogP contribution is 2.36. The normalized spacial score (nSPS) is 26.4. The predicted molar refractivity (Wildman–Crippen MR) is 71.3 cm³/mol. The highest BCUT2D eigenvalue weighted by Gasteiger charge is 2.41. The van der Waals surface area contributed by atoms with Gasteiger partial charge in [0.25, 0.3) is 5.91 Å². The van der Waals surface area contributed by atoms with Crippen molar-refractivity contribution in [3.8, 4) is 0 Å². The zero-order valence-corrected chi connectivity index (χ0v) is 11.3. The summed E-state index contributed by atoms with van der Waals surface area (Å²) in [6, 6.07) is 0.462. The van der Waals surface area contributed by atoms with E-state index in [-0.39, 0.29) is 17.7 Å². The van der Waals surface area contributed by atoms with Crippen molar-refractivity contribution in [2.24, 2.45) is 0 Å². The van der Waals surface area contributed by atoms with Crippen molar-refractivity contribution in [3.05, 3.63) is 17.2 Å². The molecule has 1 aromatic heterocycles. The second-order valence-corrected chi connectivity index (χ2v) is 5.99. The fourth-order valence-corrected chi connectivity index (χ4v) is 3.20. The van der Waals surface area contributed by atoms with Gasteiger partial charge in [-0.05, 0) is 25.7 Å². The lowest BCUT2D eigenvalue weighted by Crippen LogP contribution is -2.27. The van der Waals surface area contributed by atoms with Crippen LogP contribution in [-0.4, -0.2) is 45.8 Å². The lowest BCUT2D eigenvalue weighted by atomic mass is 10.1. The summed E-state index contributed by atoms with van der Waals surface area (Å²) in [5.74, 6) is 1.06. The number of fused-ring (bicyclic) bond motifs is 1. The third-order valence-electron chi connectivity index (χ3n) is 4.43. The van der Waals surface area contributed by atoms with E-state index in [4.69, 9.17) is 0 Å². The molecule has 20 heavy (non-hydrogen) atoms. The Morgan fingerprint density at radius 3 is 2.90 bits per heavy atom. The number of amides is 2. The molecule has 6 nitrogen and oxygen atoms in total. The van der Waals surface area contributed by atoms with Gasteiger partial charge in [-0.15, -0.1) is 0 Å². The molecular formula is C14H18N4O2. The second kappa shape index (κ2) is 4.33. The number of H-pyrrole nitrogens is 1. The lowest BCUT2D eigenvalue weighted by Gasteiger charge is -2.14. The summed E-state index contributed by atoms with van der Waals surface area (Å²) >= 11 is 0. The number of aromatic amines is 1. The van der Waals surface area contributed by atoms with Gasteiger partial charge in [-0.2, -0.15) is 0 Å². The van der Waals surface area contributed by atoms with E-state index in [1.54, 1.807) is 0 Å². The fraction of sp³-hybridized carbons (Fsp3) is 0.643. The summed E-state index contributed by atoms with van der Waals surface area (Å²) in [5.41, 5.74) is 1.45. The molecule has 2 N–H and O–H groups in total. The molecule has 2 aliphatic heterocycles. The van der Waals surface area contributed by atoms with Crippen molar-refractivity contribution in [2.45, 2.75) is 44.1 Å². The second-order valence-electron chi connectivity index (χ2n) is 5.99. The number of hydrogen-bond donors (Lipinski definition) is 2. The number of hydrogen-bond acceptors (Lipinski definition) is 3. The van der Waals surface area contributed by atoms with Crippen LogP contribution in [-0.2, 0) is 11.2 Å². The average Bonchev–Trinajstić information content (AvgIpc) is 3.11. The Morgan fingerprint density at radius 2 is 2.10 bits per heavy atom. The quantitative estimate of drug-likeness (QED) is 0.827. The molecule has 4 rings (SSSR count). The maximum Gasteiger partial charge on any atom is 0.271 e. The minimum atomic E-state index is -0.0941. The molecule has 1 saturated heterocycles. The molecule has 6 heteroatoms. The zero-order chi connectivity index (χ0) is 13.7. The third kappa shape index (κ3) is 1.90. The minimum absolute atomic E-state index is 0.0941. The van der Waals surface area contributed by atoms with Crippen LogP contribution in [0.25, 0.3) is 0 Å². The van der Waals surface area contributed by atoms with E-state index in [0.717, 1.165) is 43.7 Å². The van der Waals surface area contributed by atoms with Crippen molar-refractivity contribution in [2.75, 3.05) is 13.1 Å². The summed E-state index contributed by atoms with van der Waals surface area (Å²) in [7, 11) is 0. The van der Waals surface area contributed by atoms with E-state index < -0.39 is 0 Å². The summed E-state index contributed by atoms with van der Waals surface area (Å²) in [6.45, 7) is 1.45. The number of aromatic nitrogens is 2. The van der Waals surface area contributed by atoms with Crippen molar-refractivity contribution in [1.29, 1.82) is 0 Å². The molecule has 3 aliphatic rings. The summed E-state index contributed by atoms with van der Waals surface area (Å²) in [4.78, 5) is 33.7. The molecule has 0 aromatic carbocycles. The third-order valence-corrected chi connectivity index (χ3v) is 4.43. The van der Waals surface area contributed by atoms with Gasteiger partial charge in [-0.3, -0.25) is 9.59 Å². The number of rotatable bonds is 2. The molecular weight excluding hydrogens is 256 g/mol. The highest BCUT2D eigenvalue weighted by molar-refractivity contribution is 5.93. The number of nitrogens with zero attached hydrogens (tertiary/aromatic N) is 2. The Balaban J connectivity index is 1.59. The average molecular weight is 274 g/mol. The molecule has 1 atom stereocenters. The van der Waals surface area contributed by atoms with Gasteiger partial charge in [0.2, 0.25) is 5.91 Å². The van der Waals surface area contributed by atoms with E-state index in [9.17, 15) is 9.59 Å². The zero-order valence-electron chi connectivity index (χ0n) is 11.3. The van der Waals surface area contributed by atoms with Crippen molar-refractivity contribution >= 4 is 11.8 Å². The Kier molecular flexibility index (Phi) is 2.58. The first-order valence-electron chi connectivity index (χ1n) is 7.39. The van der Waals surface area contributed by atoms with E-state index >= 15 is 0 Å². The maximum atomic E-state index is 12.0. The van der Waals surface area contributed by atoms with Crippen LogP contribution in [0.2, 0.25) is 0 Å².